The van der Waals surface area contributed by atoms with E-state index >= 15 is 0 Å². The molecule has 6 nitrogen and oxygen atoms in total. The third-order valence-corrected chi connectivity index (χ3v) is 4.72. The van der Waals surface area contributed by atoms with Gasteiger partial charge in [-0.05, 0) is 36.6 Å². The summed E-state index contributed by atoms with van der Waals surface area (Å²) in [5, 5.41) is 0. The summed E-state index contributed by atoms with van der Waals surface area (Å²) in [4.78, 5) is 15.8. The number of amides is 1. The van der Waals surface area contributed by atoms with Gasteiger partial charge in [-0.3, -0.25) is 14.5 Å². The molecule has 1 aromatic carbocycles. The van der Waals surface area contributed by atoms with E-state index in [9.17, 15) is 13.2 Å². The first-order valence-corrected chi connectivity index (χ1v) is 8.56. The van der Waals surface area contributed by atoms with Gasteiger partial charge in [0, 0.05) is 11.1 Å². The molecule has 0 saturated heterocycles. The number of nitrogens with one attached hydrogen (secondary N) is 1. The van der Waals surface area contributed by atoms with Crippen molar-refractivity contribution in [3.8, 4) is 0 Å². The maximum absolute atomic E-state index is 12.3. The summed E-state index contributed by atoms with van der Waals surface area (Å²) in [6, 6.07) is 9.30. The molecular formula is C13H13N3O3S2. The second-order valence-corrected chi connectivity index (χ2v) is 6.64. The highest BCUT2D eigenvalue weighted by atomic mass is 32.2. The smallest absolute Gasteiger partial charge is 0.267 e. The van der Waals surface area contributed by atoms with Gasteiger partial charge in [-0.1, -0.05) is 6.07 Å². The zero-order valence-electron chi connectivity index (χ0n) is 11.1. The van der Waals surface area contributed by atoms with E-state index in [1.165, 1.54) is 36.2 Å². The van der Waals surface area contributed by atoms with E-state index in [0.717, 1.165) is 4.90 Å². The van der Waals surface area contributed by atoms with Crippen molar-refractivity contribution in [2.75, 3.05) is 11.0 Å². The van der Waals surface area contributed by atoms with Crippen molar-refractivity contribution in [3.05, 3.63) is 48.3 Å². The highest BCUT2D eigenvalue weighted by Crippen LogP contribution is 2.21. The largest absolute Gasteiger partial charge is 0.364 e. The maximum Gasteiger partial charge on any atom is 0.267 e. The van der Waals surface area contributed by atoms with Gasteiger partial charge in [-0.15, -0.1) is 11.8 Å². The first kappa shape index (κ1) is 15.3. The van der Waals surface area contributed by atoms with Crippen molar-refractivity contribution in [3.63, 3.8) is 0 Å². The number of carbonyl (C=O) groups excluding carboxylic acids is 1. The number of nitrogens with two attached hydrogens (primary N) is 1. The van der Waals surface area contributed by atoms with Crippen LogP contribution in [0.5, 0.6) is 0 Å². The molecule has 1 amide bonds. The number of hydrogen-bond acceptors (Lipinski definition) is 5. The standard InChI is InChI=1S/C13H13N3O3S2/c1-20-10-3-2-4-11(8-10)21(18,19)16-9-5-6-15-12(7-9)13(14)17/h2-8H,1H3,(H2,14,17)(H,15,16). The molecule has 21 heavy (non-hydrogen) atoms. The first-order chi connectivity index (χ1) is 9.92. The van der Waals surface area contributed by atoms with Gasteiger partial charge in [0.25, 0.3) is 15.9 Å². The Labute approximate surface area is 126 Å². The van der Waals surface area contributed by atoms with Gasteiger partial charge in [0.05, 0.1) is 10.6 Å². The second-order valence-electron chi connectivity index (χ2n) is 4.08. The van der Waals surface area contributed by atoms with Crippen LogP contribution in [0.15, 0.2) is 52.4 Å². The van der Waals surface area contributed by atoms with Gasteiger partial charge >= 0.3 is 0 Å². The summed E-state index contributed by atoms with van der Waals surface area (Å²) in [5.41, 5.74) is 5.34. The molecule has 0 spiro atoms. The number of rotatable bonds is 5. The lowest BCUT2D eigenvalue weighted by atomic mass is 10.3. The van der Waals surface area contributed by atoms with Crippen LogP contribution in [0, 0.1) is 0 Å². The number of benzene rings is 1. The zero-order chi connectivity index (χ0) is 15.5. The number of nitrogens with zero attached hydrogens (tertiary/aromatic N) is 1. The minimum absolute atomic E-state index is 0.00642. The second kappa shape index (κ2) is 6.15. The van der Waals surface area contributed by atoms with Crippen molar-refractivity contribution in [1.82, 2.24) is 4.98 Å². The van der Waals surface area contributed by atoms with Crippen LogP contribution in [0.25, 0.3) is 0 Å². The van der Waals surface area contributed by atoms with Crippen LogP contribution < -0.4 is 10.5 Å². The van der Waals surface area contributed by atoms with Crippen LogP contribution in [0.4, 0.5) is 5.69 Å². The molecule has 0 bridgehead atoms. The predicted molar refractivity (Wildman–Crippen MR) is 81.8 cm³/mol. The Hall–Kier alpha value is -2.06. The number of hydrogen-bond donors (Lipinski definition) is 2. The molecule has 0 atom stereocenters. The van der Waals surface area contributed by atoms with Crippen LogP contribution in [-0.4, -0.2) is 25.6 Å². The van der Waals surface area contributed by atoms with Crippen LogP contribution >= 0.6 is 11.8 Å². The molecule has 3 N–H and O–H groups in total. The van der Waals surface area contributed by atoms with Gasteiger partial charge in [0.15, 0.2) is 0 Å². The van der Waals surface area contributed by atoms with E-state index in [1.54, 1.807) is 12.1 Å². The summed E-state index contributed by atoms with van der Waals surface area (Å²) in [6.45, 7) is 0. The molecular weight excluding hydrogens is 310 g/mol. The Morgan fingerprint density at radius 2 is 2.05 bits per heavy atom. The monoisotopic (exact) mass is 323 g/mol. The fourth-order valence-electron chi connectivity index (χ4n) is 1.61. The Morgan fingerprint density at radius 1 is 1.29 bits per heavy atom. The van der Waals surface area contributed by atoms with E-state index in [2.05, 4.69) is 9.71 Å². The first-order valence-electron chi connectivity index (χ1n) is 5.85. The van der Waals surface area contributed by atoms with Crippen LogP contribution in [0.3, 0.4) is 0 Å². The van der Waals surface area contributed by atoms with Crippen molar-refractivity contribution < 1.29 is 13.2 Å². The fraction of sp³-hybridized carbons (Fsp3) is 0.0769. The molecule has 0 aliphatic heterocycles. The molecule has 110 valence electrons. The summed E-state index contributed by atoms with van der Waals surface area (Å²) in [7, 11) is -3.73. The minimum Gasteiger partial charge on any atom is -0.364 e. The van der Waals surface area contributed by atoms with E-state index in [0.29, 0.717) is 0 Å². The molecule has 0 saturated carbocycles. The fourth-order valence-corrected chi connectivity index (χ4v) is 3.24. The van der Waals surface area contributed by atoms with E-state index in [1.807, 2.05) is 12.3 Å². The lowest BCUT2D eigenvalue weighted by molar-refractivity contribution is 0.0995. The third-order valence-electron chi connectivity index (χ3n) is 2.62. The topological polar surface area (TPSA) is 102 Å². The van der Waals surface area contributed by atoms with Gasteiger partial charge in [0.1, 0.15) is 5.69 Å². The van der Waals surface area contributed by atoms with Crippen LogP contribution in [-0.2, 0) is 10.0 Å². The molecule has 0 aliphatic carbocycles. The number of sulfonamides is 1. The molecule has 2 aromatic rings. The highest BCUT2D eigenvalue weighted by Gasteiger charge is 2.15. The highest BCUT2D eigenvalue weighted by molar-refractivity contribution is 7.98. The van der Waals surface area contributed by atoms with E-state index in [-0.39, 0.29) is 16.3 Å². The summed E-state index contributed by atoms with van der Waals surface area (Å²) in [6.07, 6.45) is 3.18. The van der Waals surface area contributed by atoms with Gasteiger partial charge < -0.3 is 5.73 Å². The van der Waals surface area contributed by atoms with Crippen LogP contribution in [0.2, 0.25) is 0 Å². The number of thioether (sulfide) groups is 1. The maximum atomic E-state index is 12.3. The number of carbonyl (C=O) groups is 1. The van der Waals surface area contributed by atoms with Crippen molar-refractivity contribution >= 4 is 33.4 Å². The molecule has 0 radical (unpaired) electrons. The molecule has 1 aromatic heterocycles. The molecule has 0 fully saturated rings. The van der Waals surface area contributed by atoms with Gasteiger partial charge in [-0.25, -0.2) is 8.42 Å². The average molecular weight is 323 g/mol. The van der Waals surface area contributed by atoms with Crippen molar-refractivity contribution in [1.29, 1.82) is 0 Å². The quantitative estimate of drug-likeness (QED) is 0.815. The minimum atomic E-state index is -3.73. The molecule has 2 rings (SSSR count). The molecule has 0 unspecified atom stereocenters. The predicted octanol–water partition coefficient (Wildman–Crippen LogP) is 1.70. The SMILES string of the molecule is CSc1cccc(S(=O)(=O)Nc2ccnc(C(N)=O)c2)c1. The number of aromatic nitrogens is 1. The summed E-state index contributed by atoms with van der Waals surface area (Å²) in [5.74, 6) is -0.722. The van der Waals surface area contributed by atoms with E-state index < -0.39 is 15.9 Å². The Bertz CT molecular complexity index is 776. The molecule has 1 heterocycles. The lowest BCUT2D eigenvalue weighted by Crippen LogP contribution is -2.16. The summed E-state index contributed by atoms with van der Waals surface area (Å²) < 4.78 is 27.0. The normalized spacial score (nSPS) is 11.1. The van der Waals surface area contributed by atoms with Gasteiger partial charge in [-0.2, -0.15) is 0 Å². The number of pyridine rings is 1. The molecule has 8 heteroatoms. The lowest BCUT2D eigenvalue weighted by Gasteiger charge is -2.09. The zero-order valence-corrected chi connectivity index (χ0v) is 12.7. The number of anilines is 1. The van der Waals surface area contributed by atoms with Crippen molar-refractivity contribution in [2.24, 2.45) is 5.73 Å². The Kier molecular flexibility index (Phi) is 4.49. The molecule has 0 aliphatic rings. The van der Waals surface area contributed by atoms with E-state index in [4.69, 9.17) is 5.73 Å². The summed E-state index contributed by atoms with van der Waals surface area (Å²) >= 11 is 1.45. The Balaban J connectivity index is 2.32. The number of primary amides is 1. The van der Waals surface area contributed by atoms with Gasteiger partial charge in [0.2, 0.25) is 0 Å². The third kappa shape index (κ3) is 3.73. The average Bonchev–Trinajstić information content (AvgIpc) is 2.47. The van der Waals surface area contributed by atoms with Crippen molar-refractivity contribution in [2.45, 2.75) is 9.79 Å². The Morgan fingerprint density at radius 3 is 2.71 bits per heavy atom. The van der Waals surface area contributed by atoms with Crippen LogP contribution in [0.1, 0.15) is 10.5 Å².